The Morgan fingerprint density at radius 3 is 2.58 bits per heavy atom. The van der Waals surface area contributed by atoms with Crippen molar-refractivity contribution >= 4 is 34.3 Å². The lowest BCUT2D eigenvalue weighted by Gasteiger charge is -2.14. The molecule has 4 aromatic rings. The van der Waals surface area contributed by atoms with E-state index >= 15 is 0 Å². The number of hydrogen-bond acceptors (Lipinski definition) is 5. The van der Waals surface area contributed by atoms with Crippen molar-refractivity contribution < 1.29 is 18.3 Å². The zero-order valence-electron chi connectivity index (χ0n) is 17.5. The van der Waals surface area contributed by atoms with E-state index in [4.69, 9.17) is 4.74 Å². The van der Waals surface area contributed by atoms with Crippen LogP contribution in [0.1, 0.15) is 6.92 Å². The highest BCUT2D eigenvalue weighted by Gasteiger charge is 2.17. The zero-order valence-corrected chi connectivity index (χ0v) is 18.4. The number of fused-ring (bicyclic) bond motifs is 1. The molecular weight excluding hydrogens is 448 g/mol. The monoisotopic (exact) mass is 467 g/mol. The minimum Gasteiger partial charge on any atom is -0.494 e. The topological polar surface area (TPSA) is 73.2 Å². The van der Waals surface area contributed by atoms with E-state index in [0.29, 0.717) is 29.6 Å². The van der Waals surface area contributed by atoms with Crippen LogP contribution in [0, 0.1) is 11.6 Å². The molecule has 3 aromatic carbocycles. The number of anilines is 1. The van der Waals surface area contributed by atoms with Gasteiger partial charge in [-0.05, 0) is 55.5 Å². The van der Waals surface area contributed by atoms with Gasteiger partial charge < -0.3 is 10.1 Å². The fraction of sp³-hybridized carbons (Fsp3) is 0.125. The molecule has 0 bridgehead atoms. The summed E-state index contributed by atoms with van der Waals surface area (Å²) < 4.78 is 34.4. The third-order valence-corrected chi connectivity index (χ3v) is 5.62. The number of rotatable bonds is 7. The molecule has 6 nitrogen and oxygen atoms in total. The number of aromatic nitrogens is 2. The van der Waals surface area contributed by atoms with Crippen LogP contribution in [0.5, 0.6) is 5.75 Å². The Bertz CT molecular complexity index is 1370. The SMILES string of the molecule is CCOc1ccc(NC(=O)CSc2nc3ccccc3c(=O)n2-c2ccc(F)cc2F)cc1. The number of para-hydroxylation sites is 1. The number of thioether (sulfide) groups is 1. The van der Waals surface area contributed by atoms with Crippen molar-refractivity contribution in [3.8, 4) is 11.4 Å². The standard InChI is InChI=1S/C24H19F2N3O3S/c1-2-32-17-10-8-16(9-11-17)27-22(30)14-33-24-28-20-6-4-3-5-18(20)23(31)29(24)21-12-7-15(25)13-19(21)26/h3-13H,2,14H2,1H3,(H,27,30). The highest BCUT2D eigenvalue weighted by Crippen LogP contribution is 2.24. The molecule has 0 aliphatic rings. The van der Waals surface area contributed by atoms with Crippen LogP contribution in [-0.2, 0) is 4.79 Å². The molecule has 0 fully saturated rings. The van der Waals surface area contributed by atoms with E-state index in [0.717, 1.165) is 22.4 Å². The number of nitrogens with one attached hydrogen (secondary N) is 1. The van der Waals surface area contributed by atoms with Gasteiger partial charge in [0, 0.05) is 11.8 Å². The summed E-state index contributed by atoms with van der Waals surface area (Å²) in [6.07, 6.45) is 0. The van der Waals surface area contributed by atoms with Gasteiger partial charge in [-0.3, -0.25) is 14.2 Å². The molecular formula is C24H19F2N3O3S. The van der Waals surface area contributed by atoms with Crippen LogP contribution in [0.25, 0.3) is 16.6 Å². The molecule has 0 saturated heterocycles. The summed E-state index contributed by atoms with van der Waals surface area (Å²) in [5, 5.41) is 3.16. The largest absolute Gasteiger partial charge is 0.494 e. The summed E-state index contributed by atoms with van der Waals surface area (Å²) in [6.45, 7) is 2.42. The van der Waals surface area contributed by atoms with Crippen molar-refractivity contribution in [1.29, 1.82) is 0 Å². The molecule has 0 atom stereocenters. The van der Waals surface area contributed by atoms with E-state index in [-0.39, 0.29) is 27.9 Å². The normalized spacial score (nSPS) is 10.9. The first kappa shape index (κ1) is 22.5. The third kappa shape index (κ3) is 5.04. The number of ether oxygens (including phenoxy) is 1. The lowest BCUT2D eigenvalue weighted by molar-refractivity contribution is -0.113. The molecule has 168 valence electrons. The van der Waals surface area contributed by atoms with Crippen molar-refractivity contribution in [3.05, 3.63) is 88.7 Å². The first-order valence-corrected chi connectivity index (χ1v) is 11.1. The number of hydrogen-bond donors (Lipinski definition) is 1. The molecule has 9 heteroatoms. The zero-order chi connectivity index (χ0) is 23.4. The van der Waals surface area contributed by atoms with E-state index < -0.39 is 17.2 Å². The minimum absolute atomic E-state index is 0.0825. The van der Waals surface area contributed by atoms with Gasteiger partial charge in [-0.2, -0.15) is 0 Å². The molecule has 4 rings (SSSR count). The summed E-state index contributed by atoms with van der Waals surface area (Å²) in [4.78, 5) is 30.1. The van der Waals surface area contributed by atoms with E-state index in [2.05, 4.69) is 10.3 Å². The van der Waals surface area contributed by atoms with Crippen molar-refractivity contribution in [2.75, 3.05) is 17.7 Å². The summed E-state index contributed by atoms with van der Waals surface area (Å²) in [5.41, 5.74) is 0.336. The molecule has 0 unspecified atom stereocenters. The van der Waals surface area contributed by atoms with E-state index in [1.165, 1.54) is 6.07 Å². The first-order chi connectivity index (χ1) is 16.0. The Hall–Kier alpha value is -3.72. The number of nitrogens with zero attached hydrogens (tertiary/aromatic N) is 2. The smallest absolute Gasteiger partial charge is 0.266 e. The third-order valence-electron chi connectivity index (χ3n) is 4.68. The first-order valence-electron chi connectivity index (χ1n) is 10.1. The Labute approximate surface area is 192 Å². The Morgan fingerprint density at radius 2 is 1.85 bits per heavy atom. The van der Waals surface area contributed by atoms with Crippen molar-refractivity contribution in [2.45, 2.75) is 12.1 Å². The lowest BCUT2D eigenvalue weighted by Crippen LogP contribution is -2.23. The Kier molecular flexibility index (Phi) is 6.69. The summed E-state index contributed by atoms with van der Waals surface area (Å²) in [5.74, 6) is -1.40. The second-order valence-corrected chi connectivity index (χ2v) is 7.88. The highest BCUT2D eigenvalue weighted by molar-refractivity contribution is 7.99. The van der Waals surface area contributed by atoms with Crippen LogP contribution in [0.15, 0.2) is 76.7 Å². The summed E-state index contributed by atoms with van der Waals surface area (Å²) in [6, 6.07) is 16.5. The van der Waals surface area contributed by atoms with Gasteiger partial charge in [0.2, 0.25) is 5.91 Å². The van der Waals surface area contributed by atoms with Gasteiger partial charge >= 0.3 is 0 Å². The lowest BCUT2D eigenvalue weighted by atomic mass is 10.2. The number of amides is 1. The number of benzene rings is 3. The molecule has 0 radical (unpaired) electrons. The van der Waals surface area contributed by atoms with Crippen molar-refractivity contribution in [2.24, 2.45) is 0 Å². The molecule has 1 heterocycles. The van der Waals surface area contributed by atoms with Crippen LogP contribution in [-0.4, -0.2) is 27.8 Å². The maximum Gasteiger partial charge on any atom is 0.266 e. The summed E-state index contributed by atoms with van der Waals surface area (Å²) >= 11 is 0.977. The van der Waals surface area contributed by atoms with E-state index in [9.17, 15) is 18.4 Å². The molecule has 0 aliphatic carbocycles. The van der Waals surface area contributed by atoms with Crippen molar-refractivity contribution in [1.82, 2.24) is 9.55 Å². The predicted molar refractivity (Wildman–Crippen MR) is 124 cm³/mol. The highest BCUT2D eigenvalue weighted by atomic mass is 32.2. The molecule has 33 heavy (non-hydrogen) atoms. The average molecular weight is 467 g/mol. The van der Waals surface area contributed by atoms with Gasteiger partial charge in [0.05, 0.1) is 29.0 Å². The van der Waals surface area contributed by atoms with Crippen molar-refractivity contribution in [3.63, 3.8) is 0 Å². The fourth-order valence-electron chi connectivity index (χ4n) is 3.21. The maximum atomic E-state index is 14.5. The molecule has 0 saturated carbocycles. The fourth-order valence-corrected chi connectivity index (χ4v) is 4.02. The minimum atomic E-state index is -0.908. The Morgan fingerprint density at radius 1 is 1.09 bits per heavy atom. The van der Waals surface area contributed by atoms with Gasteiger partial charge in [-0.15, -0.1) is 0 Å². The Balaban J connectivity index is 1.62. The van der Waals surface area contributed by atoms with Gasteiger partial charge in [-0.25, -0.2) is 13.8 Å². The van der Waals surface area contributed by atoms with Gasteiger partial charge in [0.25, 0.3) is 5.56 Å². The number of halogens is 2. The average Bonchev–Trinajstić information content (AvgIpc) is 2.80. The second-order valence-electron chi connectivity index (χ2n) is 6.94. The molecule has 1 amide bonds. The molecule has 1 N–H and O–H groups in total. The molecule has 1 aromatic heterocycles. The van der Waals surface area contributed by atoms with Crippen LogP contribution >= 0.6 is 11.8 Å². The maximum absolute atomic E-state index is 14.5. The molecule has 0 aliphatic heterocycles. The van der Waals surface area contributed by atoms with Crippen LogP contribution in [0.4, 0.5) is 14.5 Å². The van der Waals surface area contributed by atoms with Crippen LogP contribution < -0.4 is 15.6 Å². The molecule has 0 spiro atoms. The second kappa shape index (κ2) is 9.83. The predicted octanol–water partition coefficient (Wildman–Crippen LogP) is 4.79. The van der Waals surface area contributed by atoms with Crippen LogP contribution in [0.3, 0.4) is 0 Å². The van der Waals surface area contributed by atoms with Gasteiger partial charge in [0.15, 0.2) is 5.16 Å². The number of carbonyl (C=O) groups is 1. The quantitative estimate of drug-likeness (QED) is 0.312. The van der Waals surface area contributed by atoms with Gasteiger partial charge in [-0.1, -0.05) is 23.9 Å². The summed E-state index contributed by atoms with van der Waals surface area (Å²) in [7, 11) is 0. The van der Waals surface area contributed by atoms with E-state index in [1.54, 1.807) is 48.5 Å². The number of carbonyl (C=O) groups excluding carboxylic acids is 1. The van der Waals surface area contributed by atoms with Gasteiger partial charge in [0.1, 0.15) is 17.4 Å². The van der Waals surface area contributed by atoms with E-state index in [1.807, 2.05) is 6.92 Å². The van der Waals surface area contributed by atoms with Crippen LogP contribution in [0.2, 0.25) is 0 Å².